The average molecular weight is 340 g/mol. The largest absolute Gasteiger partial charge is 0.379 e. The summed E-state index contributed by atoms with van der Waals surface area (Å²) in [5.74, 6) is 1.16. The van der Waals surface area contributed by atoms with Crippen molar-refractivity contribution in [3.8, 4) is 0 Å². The van der Waals surface area contributed by atoms with E-state index >= 15 is 0 Å². The maximum Gasteiger partial charge on any atom is 0.170 e. The van der Waals surface area contributed by atoms with Gasteiger partial charge in [0.1, 0.15) is 0 Å². The second-order valence-corrected chi connectivity index (χ2v) is 6.71. The lowest BCUT2D eigenvalue weighted by molar-refractivity contribution is 0.0342. The predicted octanol–water partition coefficient (Wildman–Crippen LogP) is 2.56. The van der Waals surface area contributed by atoms with Crippen molar-refractivity contribution >= 4 is 34.8 Å². The van der Waals surface area contributed by atoms with E-state index in [1.54, 1.807) is 0 Å². The first-order chi connectivity index (χ1) is 10.8. The minimum absolute atomic E-state index is 0.696. The third-order valence-electron chi connectivity index (χ3n) is 3.53. The molecule has 22 heavy (non-hydrogen) atoms. The molecule has 4 nitrogen and oxygen atoms in total. The molecule has 1 saturated heterocycles. The first-order valence-electron chi connectivity index (χ1n) is 7.71. The van der Waals surface area contributed by atoms with Gasteiger partial charge in [0.05, 0.1) is 13.2 Å². The summed E-state index contributed by atoms with van der Waals surface area (Å²) < 4.78 is 5.37. The van der Waals surface area contributed by atoms with Crippen molar-refractivity contribution in [3.05, 3.63) is 29.8 Å². The minimum Gasteiger partial charge on any atom is -0.379 e. The van der Waals surface area contributed by atoms with Gasteiger partial charge in [0.2, 0.25) is 0 Å². The zero-order valence-corrected chi connectivity index (χ0v) is 14.8. The van der Waals surface area contributed by atoms with Crippen molar-refractivity contribution in [1.29, 1.82) is 0 Å². The Hall–Kier alpha value is -0.820. The zero-order chi connectivity index (χ0) is 15.6. The Morgan fingerprint density at radius 2 is 2.00 bits per heavy atom. The minimum atomic E-state index is 0.696. The highest BCUT2D eigenvalue weighted by molar-refractivity contribution is 7.98. The summed E-state index contributed by atoms with van der Waals surface area (Å²) >= 11 is 7.16. The molecule has 1 aliphatic heterocycles. The Labute approximate surface area is 143 Å². The van der Waals surface area contributed by atoms with Gasteiger partial charge in [-0.05, 0) is 48.3 Å². The number of anilines is 1. The van der Waals surface area contributed by atoms with Crippen molar-refractivity contribution in [2.24, 2.45) is 0 Å². The Kier molecular flexibility index (Phi) is 8.01. The van der Waals surface area contributed by atoms with E-state index in [1.807, 2.05) is 11.8 Å². The summed E-state index contributed by atoms with van der Waals surface area (Å²) in [5.41, 5.74) is 2.36. The number of nitrogens with zero attached hydrogens (tertiary/aromatic N) is 1. The lowest BCUT2D eigenvalue weighted by Crippen LogP contribution is -2.35. The molecule has 0 bridgehead atoms. The molecule has 0 spiro atoms. The molecule has 1 aromatic rings. The summed E-state index contributed by atoms with van der Waals surface area (Å²) in [6, 6.07) is 8.50. The molecule has 6 heteroatoms. The number of nitrogens with one attached hydrogen (secondary N) is 2. The quantitative estimate of drug-likeness (QED) is 0.587. The maximum absolute atomic E-state index is 5.37. The lowest BCUT2D eigenvalue weighted by atomic mass is 10.2. The SMILES string of the molecule is CSCCCNC(=S)Nc1ccc(CN2CCOCC2)cc1. The summed E-state index contributed by atoms with van der Waals surface area (Å²) in [4.78, 5) is 2.42. The van der Waals surface area contributed by atoms with Crippen LogP contribution in [0.15, 0.2) is 24.3 Å². The third-order valence-corrected chi connectivity index (χ3v) is 4.48. The molecule has 122 valence electrons. The standard InChI is InChI=1S/C16H25N3OS2/c1-22-12-2-7-17-16(21)18-15-5-3-14(4-6-15)13-19-8-10-20-11-9-19/h3-6H,2,7-13H2,1H3,(H2,17,18,21). The van der Waals surface area contributed by atoms with E-state index in [1.165, 1.54) is 5.56 Å². The lowest BCUT2D eigenvalue weighted by Gasteiger charge is -2.26. The normalized spacial score (nSPS) is 15.5. The van der Waals surface area contributed by atoms with E-state index in [2.05, 4.69) is 46.1 Å². The van der Waals surface area contributed by atoms with Gasteiger partial charge in [0.25, 0.3) is 0 Å². The first kappa shape index (κ1) is 17.5. The molecule has 1 heterocycles. The van der Waals surface area contributed by atoms with Crippen LogP contribution >= 0.6 is 24.0 Å². The Morgan fingerprint density at radius 3 is 2.68 bits per heavy atom. The summed E-state index contributed by atoms with van der Waals surface area (Å²) in [6.07, 6.45) is 3.25. The number of morpholine rings is 1. The fraction of sp³-hybridized carbons (Fsp3) is 0.562. The molecule has 0 amide bonds. The molecular weight excluding hydrogens is 314 g/mol. The van der Waals surface area contributed by atoms with Gasteiger partial charge in [-0.1, -0.05) is 12.1 Å². The Balaban J connectivity index is 1.72. The van der Waals surface area contributed by atoms with Crippen LogP contribution in [0.5, 0.6) is 0 Å². The van der Waals surface area contributed by atoms with Gasteiger partial charge in [0.15, 0.2) is 5.11 Å². The number of ether oxygens (including phenoxy) is 1. The van der Waals surface area contributed by atoms with Crippen LogP contribution in [0, 0.1) is 0 Å². The first-order valence-corrected chi connectivity index (χ1v) is 9.51. The molecule has 0 aliphatic carbocycles. The number of benzene rings is 1. The van der Waals surface area contributed by atoms with Crippen LogP contribution in [0.4, 0.5) is 5.69 Å². The van der Waals surface area contributed by atoms with Gasteiger partial charge in [0, 0.05) is 31.9 Å². The van der Waals surface area contributed by atoms with E-state index in [4.69, 9.17) is 17.0 Å². The summed E-state index contributed by atoms with van der Waals surface area (Å²) in [5, 5.41) is 7.16. The van der Waals surface area contributed by atoms with Crippen molar-refractivity contribution < 1.29 is 4.74 Å². The molecular formula is C16H25N3OS2. The molecule has 1 aliphatic rings. The molecule has 1 aromatic carbocycles. The monoisotopic (exact) mass is 339 g/mol. The number of thioether (sulfide) groups is 1. The number of hydrogen-bond donors (Lipinski definition) is 2. The Morgan fingerprint density at radius 1 is 1.27 bits per heavy atom. The van der Waals surface area contributed by atoms with Crippen molar-refractivity contribution in [1.82, 2.24) is 10.2 Å². The van der Waals surface area contributed by atoms with Crippen molar-refractivity contribution in [3.63, 3.8) is 0 Å². The smallest absolute Gasteiger partial charge is 0.170 e. The maximum atomic E-state index is 5.37. The summed E-state index contributed by atoms with van der Waals surface area (Å²) in [6.45, 7) is 5.63. The second-order valence-electron chi connectivity index (χ2n) is 5.31. The summed E-state index contributed by atoms with van der Waals surface area (Å²) in [7, 11) is 0. The molecule has 0 atom stereocenters. The highest BCUT2D eigenvalue weighted by atomic mass is 32.2. The van der Waals surface area contributed by atoms with Crippen LogP contribution < -0.4 is 10.6 Å². The van der Waals surface area contributed by atoms with Crippen molar-refractivity contribution in [2.75, 3.05) is 50.2 Å². The van der Waals surface area contributed by atoms with Crippen LogP contribution in [0.2, 0.25) is 0 Å². The zero-order valence-electron chi connectivity index (χ0n) is 13.1. The highest BCUT2D eigenvalue weighted by Crippen LogP contribution is 2.12. The molecule has 0 unspecified atom stereocenters. The van der Waals surface area contributed by atoms with E-state index in [0.717, 1.165) is 57.3 Å². The molecule has 0 aromatic heterocycles. The van der Waals surface area contributed by atoms with E-state index in [9.17, 15) is 0 Å². The number of thiocarbonyl (C=S) groups is 1. The molecule has 2 rings (SSSR count). The van der Waals surface area contributed by atoms with Gasteiger partial charge in [-0.25, -0.2) is 0 Å². The van der Waals surface area contributed by atoms with Gasteiger partial charge >= 0.3 is 0 Å². The van der Waals surface area contributed by atoms with E-state index in [0.29, 0.717) is 5.11 Å². The molecule has 0 saturated carbocycles. The second kappa shape index (κ2) is 10.0. The van der Waals surface area contributed by atoms with Crippen LogP contribution in [0.1, 0.15) is 12.0 Å². The van der Waals surface area contributed by atoms with Crippen LogP contribution in [-0.2, 0) is 11.3 Å². The molecule has 0 radical (unpaired) electrons. The van der Waals surface area contributed by atoms with Gasteiger partial charge in [-0.2, -0.15) is 11.8 Å². The number of rotatable bonds is 7. The van der Waals surface area contributed by atoms with E-state index < -0.39 is 0 Å². The van der Waals surface area contributed by atoms with Crippen LogP contribution in [0.25, 0.3) is 0 Å². The topological polar surface area (TPSA) is 36.5 Å². The van der Waals surface area contributed by atoms with Crippen LogP contribution in [0.3, 0.4) is 0 Å². The van der Waals surface area contributed by atoms with Crippen LogP contribution in [-0.4, -0.2) is 54.9 Å². The molecule has 2 N–H and O–H groups in total. The highest BCUT2D eigenvalue weighted by Gasteiger charge is 2.10. The van der Waals surface area contributed by atoms with Crippen molar-refractivity contribution in [2.45, 2.75) is 13.0 Å². The fourth-order valence-electron chi connectivity index (χ4n) is 2.30. The number of hydrogen-bond acceptors (Lipinski definition) is 4. The van der Waals surface area contributed by atoms with Gasteiger partial charge < -0.3 is 15.4 Å². The third kappa shape index (κ3) is 6.52. The van der Waals surface area contributed by atoms with Gasteiger partial charge in [-0.15, -0.1) is 0 Å². The van der Waals surface area contributed by atoms with E-state index in [-0.39, 0.29) is 0 Å². The van der Waals surface area contributed by atoms with Gasteiger partial charge in [-0.3, -0.25) is 4.90 Å². The predicted molar refractivity (Wildman–Crippen MR) is 99.8 cm³/mol. The average Bonchev–Trinajstić information content (AvgIpc) is 2.54. The Bertz CT molecular complexity index is 447. The fourth-order valence-corrected chi connectivity index (χ4v) is 2.96. The molecule has 1 fully saturated rings.